The van der Waals surface area contributed by atoms with Gasteiger partial charge in [-0.2, -0.15) is 18.2 Å². The summed E-state index contributed by atoms with van der Waals surface area (Å²) in [6, 6.07) is 10.5. The summed E-state index contributed by atoms with van der Waals surface area (Å²) in [4.78, 5) is 22.2. The molecule has 5 nitrogen and oxygen atoms in total. The summed E-state index contributed by atoms with van der Waals surface area (Å²) in [5.74, 6) is 0.341. The van der Waals surface area contributed by atoms with Gasteiger partial charge in [0.05, 0.1) is 6.54 Å². The highest BCUT2D eigenvalue weighted by Crippen LogP contribution is 2.34. The first kappa shape index (κ1) is 17.7. The highest BCUT2D eigenvalue weighted by atomic mass is 32.1. The standard InChI is InChI=1S/C18H15F3N4OS/c19-18(20,21)15-6-5-14(27-15)10-25-11-22-16(23-17(25)26)24-8-7-12-3-1-2-4-13(12)9-24/h1-6,11H,7-10H2. The molecular formula is C18H15F3N4OS. The van der Waals surface area contributed by atoms with Crippen molar-refractivity contribution in [2.45, 2.75) is 25.7 Å². The van der Waals surface area contributed by atoms with E-state index in [9.17, 15) is 18.0 Å². The molecule has 0 bridgehead atoms. The molecule has 0 spiro atoms. The SMILES string of the molecule is O=c1nc(N2CCc3ccccc3C2)ncn1Cc1ccc(C(F)(F)F)s1. The predicted octanol–water partition coefficient (Wildman–Crippen LogP) is 3.33. The van der Waals surface area contributed by atoms with Crippen molar-refractivity contribution in [2.24, 2.45) is 0 Å². The number of nitrogens with zero attached hydrogens (tertiary/aromatic N) is 4. The summed E-state index contributed by atoms with van der Waals surface area (Å²) in [5.41, 5.74) is 1.93. The number of benzene rings is 1. The summed E-state index contributed by atoms with van der Waals surface area (Å²) >= 11 is 0.617. The molecule has 1 aliphatic rings. The number of rotatable bonds is 3. The molecular weight excluding hydrogens is 377 g/mol. The van der Waals surface area contributed by atoms with Crippen LogP contribution in [-0.4, -0.2) is 21.1 Å². The van der Waals surface area contributed by atoms with Gasteiger partial charge in [0, 0.05) is 18.0 Å². The third-order valence-electron chi connectivity index (χ3n) is 4.43. The highest BCUT2D eigenvalue weighted by molar-refractivity contribution is 7.12. The molecule has 27 heavy (non-hydrogen) atoms. The van der Waals surface area contributed by atoms with Crippen molar-refractivity contribution in [2.75, 3.05) is 11.4 Å². The number of hydrogen-bond acceptors (Lipinski definition) is 5. The number of halogens is 3. The Balaban J connectivity index is 1.52. The Bertz CT molecular complexity index is 1030. The van der Waals surface area contributed by atoms with E-state index < -0.39 is 16.7 Å². The summed E-state index contributed by atoms with van der Waals surface area (Å²) in [5, 5.41) is 0. The molecule has 0 saturated heterocycles. The van der Waals surface area contributed by atoms with Crippen molar-refractivity contribution in [3.05, 3.63) is 74.1 Å². The zero-order valence-electron chi connectivity index (χ0n) is 14.1. The van der Waals surface area contributed by atoms with Gasteiger partial charge in [-0.1, -0.05) is 24.3 Å². The molecule has 1 aliphatic heterocycles. The lowest BCUT2D eigenvalue weighted by molar-refractivity contribution is -0.134. The van der Waals surface area contributed by atoms with Crippen LogP contribution in [0.4, 0.5) is 19.1 Å². The number of alkyl halides is 3. The second-order valence-corrected chi connectivity index (χ2v) is 7.44. The molecule has 0 fully saturated rings. The minimum absolute atomic E-state index is 0.0166. The Labute approximate surface area is 156 Å². The molecule has 9 heteroatoms. The Kier molecular flexibility index (Phi) is 4.47. The van der Waals surface area contributed by atoms with Gasteiger partial charge in [-0.3, -0.25) is 4.57 Å². The van der Waals surface area contributed by atoms with Crippen molar-refractivity contribution in [1.82, 2.24) is 14.5 Å². The second kappa shape index (κ2) is 6.80. The van der Waals surface area contributed by atoms with Gasteiger partial charge in [0.2, 0.25) is 5.95 Å². The fourth-order valence-electron chi connectivity index (χ4n) is 3.06. The third-order valence-corrected chi connectivity index (χ3v) is 5.55. The molecule has 4 rings (SSSR count). The molecule has 3 aromatic rings. The van der Waals surface area contributed by atoms with Crippen molar-refractivity contribution in [1.29, 1.82) is 0 Å². The second-order valence-electron chi connectivity index (χ2n) is 6.27. The Morgan fingerprint density at radius 1 is 1.11 bits per heavy atom. The zero-order valence-corrected chi connectivity index (χ0v) is 14.9. The minimum atomic E-state index is -4.38. The van der Waals surface area contributed by atoms with Gasteiger partial charge >= 0.3 is 11.9 Å². The topological polar surface area (TPSA) is 51.0 Å². The van der Waals surface area contributed by atoms with E-state index in [0.29, 0.717) is 35.3 Å². The maximum absolute atomic E-state index is 12.7. The Morgan fingerprint density at radius 2 is 1.89 bits per heavy atom. The van der Waals surface area contributed by atoms with Crippen molar-refractivity contribution in [3.63, 3.8) is 0 Å². The fraction of sp³-hybridized carbons (Fsp3) is 0.278. The van der Waals surface area contributed by atoms with E-state index in [0.717, 1.165) is 12.5 Å². The summed E-state index contributed by atoms with van der Waals surface area (Å²) < 4.78 is 39.3. The van der Waals surface area contributed by atoms with E-state index in [1.165, 1.54) is 28.1 Å². The van der Waals surface area contributed by atoms with Crippen molar-refractivity contribution >= 4 is 17.3 Å². The molecule has 0 unspecified atom stereocenters. The van der Waals surface area contributed by atoms with Crippen molar-refractivity contribution < 1.29 is 13.2 Å². The molecule has 1 aromatic carbocycles. The van der Waals surface area contributed by atoms with Crippen LogP contribution in [0.25, 0.3) is 0 Å². The van der Waals surface area contributed by atoms with Crippen molar-refractivity contribution in [3.8, 4) is 0 Å². The molecule has 0 radical (unpaired) electrons. The molecule has 0 saturated carbocycles. The first-order valence-electron chi connectivity index (χ1n) is 8.31. The molecule has 2 aromatic heterocycles. The molecule has 3 heterocycles. The number of hydrogen-bond donors (Lipinski definition) is 0. The van der Waals surface area contributed by atoms with E-state index >= 15 is 0 Å². The summed E-state index contributed by atoms with van der Waals surface area (Å²) in [7, 11) is 0. The van der Waals surface area contributed by atoms with Gasteiger partial charge in [0.25, 0.3) is 0 Å². The maximum Gasteiger partial charge on any atom is 0.425 e. The molecule has 0 N–H and O–H groups in total. The monoisotopic (exact) mass is 392 g/mol. The van der Waals surface area contributed by atoms with Crippen LogP contribution in [0.15, 0.2) is 47.5 Å². The maximum atomic E-state index is 12.7. The van der Waals surface area contributed by atoms with Crippen LogP contribution in [0.2, 0.25) is 0 Å². The summed E-state index contributed by atoms with van der Waals surface area (Å²) in [6.45, 7) is 1.35. The van der Waals surface area contributed by atoms with Crippen LogP contribution in [-0.2, 0) is 25.7 Å². The van der Waals surface area contributed by atoms with E-state index in [2.05, 4.69) is 16.0 Å². The van der Waals surface area contributed by atoms with Crippen LogP contribution in [0.1, 0.15) is 20.9 Å². The minimum Gasteiger partial charge on any atom is -0.336 e. The molecule has 0 atom stereocenters. The van der Waals surface area contributed by atoms with Gasteiger partial charge in [0.15, 0.2) is 0 Å². The van der Waals surface area contributed by atoms with Gasteiger partial charge in [-0.15, -0.1) is 11.3 Å². The van der Waals surface area contributed by atoms with Crippen LogP contribution < -0.4 is 10.6 Å². The lowest BCUT2D eigenvalue weighted by Gasteiger charge is -2.28. The van der Waals surface area contributed by atoms with Crippen LogP contribution in [0.3, 0.4) is 0 Å². The highest BCUT2D eigenvalue weighted by Gasteiger charge is 2.32. The molecule has 0 aliphatic carbocycles. The summed E-state index contributed by atoms with van der Waals surface area (Å²) in [6.07, 6.45) is -2.19. The molecule has 140 valence electrons. The van der Waals surface area contributed by atoms with Crippen LogP contribution in [0, 0.1) is 0 Å². The van der Waals surface area contributed by atoms with Gasteiger partial charge in [0.1, 0.15) is 11.2 Å². The van der Waals surface area contributed by atoms with Gasteiger partial charge in [-0.05, 0) is 29.7 Å². The van der Waals surface area contributed by atoms with Gasteiger partial charge < -0.3 is 4.90 Å². The average Bonchev–Trinajstić information content (AvgIpc) is 3.12. The smallest absolute Gasteiger partial charge is 0.336 e. The Morgan fingerprint density at radius 3 is 2.59 bits per heavy atom. The number of aromatic nitrogens is 3. The number of fused-ring (bicyclic) bond motifs is 1. The quantitative estimate of drug-likeness (QED) is 0.686. The van der Waals surface area contributed by atoms with E-state index in [1.807, 2.05) is 23.1 Å². The number of thiophene rings is 1. The van der Waals surface area contributed by atoms with E-state index in [4.69, 9.17) is 0 Å². The first-order valence-corrected chi connectivity index (χ1v) is 9.13. The van der Waals surface area contributed by atoms with E-state index in [-0.39, 0.29) is 6.54 Å². The largest absolute Gasteiger partial charge is 0.425 e. The fourth-order valence-corrected chi connectivity index (χ4v) is 3.93. The normalized spacial score (nSPS) is 14.3. The average molecular weight is 392 g/mol. The van der Waals surface area contributed by atoms with Crippen LogP contribution >= 0.6 is 11.3 Å². The lowest BCUT2D eigenvalue weighted by Crippen LogP contribution is -2.35. The number of anilines is 1. The molecule has 0 amide bonds. The third kappa shape index (κ3) is 3.73. The van der Waals surface area contributed by atoms with Gasteiger partial charge in [-0.25, -0.2) is 9.78 Å². The lowest BCUT2D eigenvalue weighted by atomic mass is 10.0. The van der Waals surface area contributed by atoms with E-state index in [1.54, 1.807) is 0 Å². The zero-order chi connectivity index (χ0) is 19.0. The Hall–Kier alpha value is -2.68. The predicted molar refractivity (Wildman–Crippen MR) is 95.9 cm³/mol. The van der Waals surface area contributed by atoms with Crippen LogP contribution in [0.5, 0.6) is 0 Å². The first-order chi connectivity index (χ1) is 12.9.